The van der Waals surface area contributed by atoms with E-state index in [2.05, 4.69) is 15.1 Å². The molecule has 0 aromatic heterocycles. The molecule has 0 aromatic carbocycles. The number of likely N-dealkylation sites (tertiary alicyclic amines) is 1. The highest BCUT2D eigenvalue weighted by Crippen LogP contribution is 2.28. The van der Waals surface area contributed by atoms with Crippen molar-refractivity contribution in [1.82, 2.24) is 15.1 Å². The lowest BCUT2D eigenvalue weighted by Crippen LogP contribution is -2.53. The van der Waals surface area contributed by atoms with Gasteiger partial charge in [0, 0.05) is 37.1 Å². The number of amides is 1. The molecule has 3 atom stereocenters. The fraction of sp³-hybridized carbons (Fsp3) is 0.941. The van der Waals surface area contributed by atoms with E-state index in [4.69, 9.17) is 0 Å². The number of piperidine rings is 2. The maximum atomic E-state index is 12.3. The molecule has 120 valence electrons. The summed E-state index contributed by atoms with van der Waals surface area (Å²) in [7, 11) is 0. The minimum absolute atomic E-state index is 0.239. The van der Waals surface area contributed by atoms with Crippen LogP contribution < -0.4 is 5.32 Å². The Bertz CT molecular complexity index is 382. The topological polar surface area (TPSA) is 35.6 Å². The molecule has 4 heteroatoms. The zero-order valence-electron chi connectivity index (χ0n) is 13.9. The molecule has 3 aliphatic heterocycles. The molecule has 3 saturated heterocycles. The van der Waals surface area contributed by atoms with Crippen molar-refractivity contribution in [3.63, 3.8) is 0 Å². The van der Waals surface area contributed by atoms with Gasteiger partial charge in [-0.05, 0) is 44.7 Å². The lowest BCUT2D eigenvalue weighted by molar-refractivity contribution is -0.140. The first-order valence-electron chi connectivity index (χ1n) is 8.71. The molecule has 3 rings (SSSR count). The Balaban J connectivity index is 1.47. The summed E-state index contributed by atoms with van der Waals surface area (Å²) in [6.07, 6.45) is 4.92. The van der Waals surface area contributed by atoms with Crippen LogP contribution in [0.1, 0.15) is 46.5 Å². The smallest absolute Gasteiger partial charge is 0.227 e. The SMILES string of the molecule is CC(C)(C)C(=O)N1CCC(NC2CCN3CCC2C3)CC1. The summed E-state index contributed by atoms with van der Waals surface area (Å²) in [4.78, 5) is 17.0. The van der Waals surface area contributed by atoms with E-state index in [0.29, 0.717) is 11.9 Å². The minimum Gasteiger partial charge on any atom is -0.342 e. The zero-order valence-corrected chi connectivity index (χ0v) is 13.9. The molecule has 4 nitrogen and oxygen atoms in total. The quantitative estimate of drug-likeness (QED) is 0.842. The van der Waals surface area contributed by atoms with Gasteiger partial charge in [-0.3, -0.25) is 4.79 Å². The molecule has 2 bridgehead atoms. The van der Waals surface area contributed by atoms with E-state index in [-0.39, 0.29) is 5.41 Å². The van der Waals surface area contributed by atoms with E-state index in [1.165, 1.54) is 32.5 Å². The Labute approximate surface area is 129 Å². The van der Waals surface area contributed by atoms with Crippen LogP contribution in [0.15, 0.2) is 0 Å². The Morgan fingerprint density at radius 3 is 2.33 bits per heavy atom. The highest BCUT2D eigenvalue weighted by molar-refractivity contribution is 5.81. The highest BCUT2D eigenvalue weighted by atomic mass is 16.2. The maximum absolute atomic E-state index is 12.3. The normalized spacial score (nSPS) is 34.2. The van der Waals surface area contributed by atoms with Gasteiger partial charge in [0.05, 0.1) is 0 Å². The van der Waals surface area contributed by atoms with E-state index in [1.807, 2.05) is 20.8 Å². The third kappa shape index (κ3) is 3.42. The van der Waals surface area contributed by atoms with E-state index in [0.717, 1.165) is 37.9 Å². The van der Waals surface area contributed by atoms with Gasteiger partial charge < -0.3 is 15.1 Å². The Morgan fingerprint density at radius 2 is 1.67 bits per heavy atom. The zero-order chi connectivity index (χ0) is 15.0. The van der Waals surface area contributed by atoms with Crippen LogP contribution in [0.5, 0.6) is 0 Å². The second-order valence-electron chi connectivity index (χ2n) is 8.23. The predicted octanol–water partition coefficient (Wildman–Crippen LogP) is 1.71. The van der Waals surface area contributed by atoms with Crippen LogP contribution in [0, 0.1) is 11.3 Å². The van der Waals surface area contributed by atoms with Gasteiger partial charge in [0.25, 0.3) is 0 Å². The van der Waals surface area contributed by atoms with Crippen molar-refractivity contribution in [3.05, 3.63) is 0 Å². The molecule has 3 unspecified atom stereocenters. The number of nitrogens with one attached hydrogen (secondary N) is 1. The maximum Gasteiger partial charge on any atom is 0.227 e. The third-order valence-corrected chi connectivity index (χ3v) is 5.51. The Hall–Kier alpha value is -0.610. The molecule has 3 heterocycles. The number of rotatable bonds is 2. The summed E-state index contributed by atoms with van der Waals surface area (Å²) < 4.78 is 0. The molecule has 0 spiro atoms. The Kier molecular flexibility index (Phi) is 4.28. The highest BCUT2D eigenvalue weighted by Gasteiger charge is 2.36. The second kappa shape index (κ2) is 5.88. The molecule has 3 fully saturated rings. The van der Waals surface area contributed by atoms with E-state index in [9.17, 15) is 4.79 Å². The summed E-state index contributed by atoms with van der Waals surface area (Å²) in [5.74, 6) is 1.18. The van der Waals surface area contributed by atoms with Crippen LogP contribution in [0.25, 0.3) is 0 Å². The third-order valence-electron chi connectivity index (χ3n) is 5.51. The summed E-state index contributed by atoms with van der Waals surface area (Å²) in [5.41, 5.74) is -0.239. The molecule has 0 saturated carbocycles. The lowest BCUT2D eigenvalue weighted by atomic mass is 9.90. The van der Waals surface area contributed by atoms with E-state index in [1.54, 1.807) is 0 Å². The van der Waals surface area contributed by atoms with Gasteiger partial charge in [-0.25, -0.2) is 0 Å². The molecular weight excluding hydrogens is 262 g/mol. The van der Waals surface area contributed by atoms with Gasteiger partial charge in [0.1, 0.15) is 0 Å². The second-order valence-corrected chi connectivity index (χ2v) is 8.23. The first kappa shape index (κ1) is 15.3. The molecule has 21 heavy (non-hydrogen) atoms. The number of hydrogen-bond donors (Lipinski definition) is 1. The van der Waals surface area contributed by atoms with Crippen molar-refractivity contribution >= 4 is 5.91 Å². The predicted molar refractivity (Wildman–Crippen MR) is 85.1 cm³/mol. The summed E-state index contributed by atoms with van der Waals surface area (Å²) >= 11 is 0. The van der Waals surface area contributed by atoms with Gasteiger partial charge in [-0.2, -0.15) is 0 Å². The van der Waals surface area contributed by atoms with Crippen LogP contribution >= 0.6 is 0 Å². The van der Waals surface area contributed by atoms with E-state index >= 15 is 0 Å². The van der Waals surface area contributed by atoms with Crippen molar-refractivity contribution in [3.8, 4) is 0 Å². The molecule has 3 aliphatic rings. The van der Waals surface area contributed by atoms with Crippen molar-refractivity contribution in [1.29, 1.82) is 0 Å². The van der Waals surface area contributed by atoms with Crippen LogP contribution in [0.2, 0.25) is 0 Å². The largest absolute Gasteiger partial charge is 0.342 e. The van der Waals surface area contributed by atoms with Gasteiger partial charge in [-0.15, -0.1) is 0 Å². The number of nitrogens with zero attached hydrogens (tertiary/aromatic N) is 2. The van der Waals surface area contributed by atoms with Crippen LogP contribution in [0.4, 0.5) is 0 Å². The average molecular weight is 293 g/mol. The molecule has 1 amide bonds. The van der Waals surface area contributed by atoms with Crippen molar-refractivity contribution < 1.29 is 4.79 Å². The average Bonchev–Trinajstić information content (AvgIpc) is 2.84. The number of carbonyl (C=O) groups is 1. The molecular formula is C17H31N3O. The Morgan fingerprint density at radius 1 is 1.00 bits per heavy atom. The summed E-state index contributed by atoms with van der Waals surface area (Å²) in [6.45, 7) is 11.8. The molecule has 0 radical (unpaired) electrons. The van der Waals surface area contributed by atoms with Crippen LogP contribution in [0.3, 0.4) is 0 Å². The van der Waals surface area contributed by atoms with Gasteiger partial charge in [-0.1, -0.05) is 20.8 Å². The van der Waals surface area contributed by atoms with Crippen molar-refractivity contribution in [2.75, 3.05) is 32.7 Å². The van der Waals surface area contributed by atoms with Gasteiger partial charge in [0.15, 0.2) is 0 Å². The fourth-order valence-corrected chi connectivity index (χ4v) is 4.20. The fourth-order valence-electron chi connectivity index (χ4n) is 4.20. The number of hydrogen-bond acceptors (Lipinski definition) is 3. The first-order chi connectivity index (χ1) is 9.93. The van der Waals surface area contributed by atoms with Crippen LogP contribution in [-0.2, 0) is 4.79 Å². The first-order valence-corrected chi connectivity index (χ1v) is 8.71. The summed E-state index contributed by atoms with van der Waals surface area (Å²) in [5, 5.41) is 3.92. The molecule has 0 aliphatic carbocycles. The van der Waals surface area contributed by atoms with Crippen LogP contribution in [-0.4, -0.2) is 60.5 Å². The van der Waals surface area contributed by atoms with Gasteiger partial charge >= 0.3 is 0 Å². The molecule has 1 N–H and O–H groups in total. The number of fused-ring (bicyclic) bond motifs is 2. The van der Waals surface area contributed by atoms with E-state index < -0.39 is 0 Å². The van der Waals surface area contributed by atoms with Crippen molar-refractivity contribution in [2.24, 2.45) is 11.3 Å². The minimum atomic E-state index is -0.239. The monoisotopic (exact) mass is 293 g/mol. The van der Waals surface area contributed by atoms with Gasteiger partial charge in [0.2, 0.25) is 5.91 Å². The lowest BCUT2D eigenvalue weighted by Gasteiger charge is -2.39. The summed E-state index contributed by atoms with van der Waals surface area (Å²) in [6, 6.07) is 1.34. The number of carbonyl (C=O) groups excluding carboxylic acids is 1. The standard InChI is InChI=1S/C17H31N3O/c1-17(2,3)16(21)20-10-5-14(6-11-20)18-15-7-9-19-8-4-13(15)12-19/h13-15,18H,4-12H2,1-3H3. The molecule has 0 aromatic rings. The van der Waals surface area contributed by atoms with Crippen molar-refractivity contribution in [2.45, 2.75) is 58.5 Å².